The van der Waals surface area contributed by atoms with Crippen LogP contribution in [0.25, 0.3) is 0 Å². The number of hydrogen-bond donors (Lipinski definition) is 5. The number of ether oxygens (including phenoxy) is 5. The van der Waals surface area contributed by atoms with Crippen LogP contribution in [0.4, 0.5) is 21.5 Å². The van der Waals surface area contributed by atoms with Crippen LogP contribution in [0.1, 0.15) is 30.1 Å². The van der Waals surface area contributed by atoms with E-state index in [0.29, 0.717) is 28.8 Å². The Hall–Kier alpha value is -7.41. The van der Waals surface area contributed by atoms with Gasteiger partial charge in [0.15, 0.2) is 19.9 Å². The van der Waals surface area contributed by atoms with Crippen LogP contribution in [0.5, 0.6) is 29.3 Å². The number of aliphatic carboxylic acids is 1. The molecule has 27 nitrogen and oxygen atoms in total. The summed E-state index contributed by atoms with van der Waals surface area (Å²) in [6.07, 6.45) is 2.83. The van der Waals surface area contributed by atoms with Crippen LogP contribution in [-0.4, -0.2) is 144 Å². The minimum Gasteiger partial charge on any atom is -0.492 e. The van der Waals surface area contributed by atoms with Gasteiger partial charge < -0.3 is 33.7 Å². The Labute approximate surface area is 416 Å². The third-order valence-electron chi connectivity index (χ3n) is 8.15. The minimum absolute atomic E-state index is 0.0612. The van der Waals surface area contributed by atoms with Crippen molar-refractivity contribution in [1.82, 2.24) is 44.2 Å². The average molecular weight is 1090 g/mol. The number of carbonyl (C=O) groups is 4. The number of urea groups is 2. The van der Waals surface area contributed by atoms with E-state index in [9.17, 15) is 44.4 Å². The number of nitrogens with zero attached hydrogens (tertiary/aromatic N) is 7. The van der Waals surface area contributed by atoms with Crippen molar-refractivity contribution in [2.45, 2.75) is 34.7 Å². The maximum Gasteiger partial charge on any atom is 0.335 e. The van der Waals surface area contributed by atoms with Crippen LogP contribution in [0.2, 0.25) is 10.0 Å². The van der Waals surface area contributed by atoms with Crippen molar-refractivity contribution in [2.75, 3.05) is 65.5 Å². The number of methoxy groups -OCH3 is 4. The quantitative estimate of drug-likeness (QED) is 0.0783. The molecule has 0 unspecified atom stereocenters. The first kappa shape index (κ1) is 57.9. The normalized spacial score (nSPS) is 10.9. The lowest BCUT2D eigenvalue weighted by molar-refractivity contribution is -0.137. The highest BCUT2D eigenvalue weighted by Gasteiger charge is 2.30. The van der Waals surface area contributed by atoms with Crippen LogP contribution < -0.4 is 43.8 Å². The van der Waals surface area contributed by atoms with Crippen molar-refractivity contribution in [1.29, 1.82) is 0 Å². The van der Waals surface area contributed by atoms with Gasteiger partial charge in [0, 0.05) is 37.9 Å². The van der Waals surface area contributed by atoms with Gasteiger partial charge in [-0.05, 0) is 48.9 Å². The number of sulfone groups is 1. The first-order chi connectivity index (χ1) is 33.4. The molecule has 0 radical (unpaired) electrons. The number of carboxylic acid groups (broad SMARTS) is 1. The van der Waals surface area contributed by atoms with Crippen molar-refractivity contribution in [2.24, 2.45) is 0 Å². The Morgan fingerprint density at radius 3 is 1.58 bits per heavy atom. The van der Waals surface area contributed by atoms with Crippen LogP contribution in [0, 0.1) is 0 Å². The molecule has 5 rings (SSSR count). The van der Waals surface area contributed by atoms with Gasteiger partial charge in [-0.2, -0.15) is 36.8 Å². The number of pyridine rings is 2. The summed E-state index contributed by atoms with van der Waals surface area (Å²) in [5.74, 6) is -1.49. The lowest BCUT2D eigenvalue weighted by atomic mass is 10.2. The van der Waals surface area contributed by atoms with Gasteiger partial charge >= 0.3 is 18.0 Å². The molecule has 1 aromatic carbocycles. The van der Waals surface area contributed by atoms with Crippen molar-refractivity contribution in [3.63, 3.8) is 0 Å². The fourth-order valence-electron chi connectivity index (χ4n) is 4.91. The Balaban J connectivity index is 0.000000295. The minimum atomic E-state index is -4.61. The number of carboxylic acids is 1. The number of amides is 5. The van der Waals surface area contributed by atoms with Gasteiger partial charge in [0.2, 0.25) is 35.4 Å². The average Bonchev–Trinajstić information content (AvgIpc) is 3.32. The van der Waals surface area contributed by atoms with E-state index >= 15 is 0 Å². The number of carbonyl (C=O) groups excluding carboxylic acids is 3. The molecule has 4 aromatic heterocycles. The standard InChI is InChI=1S/C15H18N6O6S.C14H17N5O7S2.C10H10Cl2O3/c1-21(2)13(22)9-6-5-7-16-12(9)28(24,25)20-15(23)19-14-17-10(26-3)8-11(18-14)27-4;1-4-27(21,22)9-6-5-7-15-12(9)28(23,24)19-14(20)18-13-16-10(25-2)8-11(17-13)26-3;11-7-3-4-9(8(12)6-7)15-5-1-2-10(13)14/h5-8H,1-4H3,(H2,17,18,19,20,23);5-8H,4H2,1-3H3,(H2,16,17,18,19,20);3-4,6H,1-2,5H2,(H,13,14). The second-order valence-electron chi connectivity index (χ2n) is 13.4. The molecule has 32 heteroatoms. The van der Waals surface area contributed by atoms with E-state index in [4.69, 9.17) is 52.0 Å². The molecule has 0 atom stereocenters. The van der Waals surface area contributed by atoms with Crippen molar-refractivity contribution in [3.8, 4) is 29.3 Å². The number of benzene rings is 1. The number of nitrogens with one attached hydrogen (secondary N) is 4. The van der Waals surface area contributed by atoms with Gasteiger partial charge in [0.25, 0.3) is 26.0 Å². The molecule has 0 saturated carbocycles. The van der Waals surface area contributed by atoms with E-state index in [1.165, 1.54) is 90.9 Å². The smallest absolute Gasteiger partial charge is 0.335 e. The first-order valence-electron chi connectivity index (χ1n) is 19.7. The molecule has 384 valence electrons. The second kappa shape index (κ2) is 26.5. The maximum atomic E-state index is 12.5. The fraction of sp³-hybridized carbons (Fsp3) is 0.282. The molecule has 71 heavy (non-hydrogen) atoms. The van der Waals surface area contributed by atoms with Crippen LogP contribution in [-0.2, 0) is 34.7 Å². The zero-order valence-electron chi connectivity index (χ0n) is 38.4. The number of aromatic nitrogens is 6. The van der Waals surface area contributed by atoms with Crippen molar-refractivity contribution < 1.29 is 73.2 Å². The highest BCUT2D eigenvalue weighted by Crippen LogP contribution is 2.28. The van der Waals surface area contributed by atoms with E-state index in [1.807, 2.05) is 0 Å². The molecular formula is C39H45Cl2N11O16S3. The van der Waals surface area contributed by atoms with E-state index in [1.54, 1.807) is 27.6 Å². The van der Waals surface area contributed by atoms with Gasteiger partial charge in [-0.1, -0.05) is 30.1 Å². The van der Waals surface area contributed by atoms with Crippen LogP contribution >= 0.6 is 23.2 Å². The number of sulfonamides is 2. The van der Waals surface area contributed by atoms with E-state index < -0.39 is 68.8 Å². The number of halogens is 2. The topological polar surface area (TPSA) is 366 Å². The summed E-state index contributed by atoms with van der Waals surface area (Å²) in [5.41, 5.74) is -0.188. The molecule has 0 fully saturated rings. The molecular weight excluding hydrogens is 1050 g/mol. The van der Waals surface area contributed by atoms with Gasteiger partial charge in [0.1, 0.15) is 10.6 Å². The molecule has 0 aliphatic rings. The molecule has 0 aliphatic carbocycles. The Morgan fingerprint density at radius 2 is 1.14 bits per heavy atom. The van der Waals surface area contributed by atoms with Gasteiger partial charge in [-0.15, -0.1) is 0 Å². The zero-order chi connectivity index (χ0) is 53.1. The number of hydrogen-bond acceptors (Lipinski definition) is 21. The molecule has 0 aliphatic heterocycles. The third-order valence-corrected chi connectivity index (χ3v) is 13.2. The van der Waals surface area contributed by atoms with Crippen LogP contribution in [0.15, 0.2) is 81.9 Å². The summed E-state index contributed by atoms with van der Waals surface area (Å²) in [4.78, 5) is 70.0. The Bertz CT molecular complexity index is 3000. The van der Waals surface area contributed by atoms with Crippen molar-refractivity contribution >= 4 is 88.9 Å². The SMILES string of the molecule is CCS(=O)(=O)c1cccnc1S(=O)(=O)NC(=O)Nc1nc(OC)cc(OC)n1.COc1cc(OC)nc(NC(=O)NS(=O)(=O)c2ncccc2C(=O)N(C)C)n1.O=C(O)CCCOc1ccc(Cl)cc1Cl. The van der Waals surface area contributed by atoms with E-state index in [-0.39, 0.29) is 53.2 Å². The number of rotatable bonds is 18. The van der Waals surface area contributed by atoms with Gasteiger partial charge in [-0.25, -0.2) is 37.4 Å². The highest BCUT2D eigenvalue weighted by molar-refractivity contribution is 7.93. The predicted octanol–water partition coefficient (Wildman–Crippen LogP) is 3.53. The summed E-state index contributed by atoms with van der Waals surface area (Å²) in [5, 5.41) is 12.2. The summed E-state index contributed by atoms with van der Waals surface area (Å²) in [7, 11) is -4.70. The van der Waals surface area contributed by atoms with Crippen molar-refractivity contribution in [3.05, 3.63) is 82.6 Å². The molecule has 0 saturated heterocycles. The molecule has 0 bridgehead atoms. The number of anilines is 2. The third kappa shape index (κ3) is 17.8. The predicted molar refractivity (Wildman–Crippen MR) is 252 cm³/mol. The van der Waals surface area contributed by atoms with E-state index in [0.717, 1.165) is 12.3 Å². The largest absolute Gasteiger partial charge is 0.492 e. The summed E-state index contributed by atoms with van der Waals surface area (Å²) in [6.45, 7) is 1.68. The lowest BCUT2D eigenvalue weighted by Gasteiger charge is -2.14. The second-order valence-corrected chi connectivity index (χ2v) is 19.6. The maximum absolute atomic E-state index is 12.5. The van der Waals surface area contributed by atoms with Gasteiger partial charge in [0.05, 0.1) is 63.5 Å². The summed E-state index contributed by atoms with van der Waals surface area (Å²) >= 11 is 11.5. The molecule has 0 spiro atoms. The first-order valence-corrected chi connectivity index (χ1v) is 25.0. The van der Waals surface area contributed by atoms with E-state index in [2.05, 4.69) is 40.5 Å². The van der Waals surface area contributed by atoms with Gasteiger partial charge in [-0.3, -0.25) is 20.2 Å². The Kier molecular flexibility index (Phi) is 21.6. The molecule has 5 amide bonds. The lowest BCUT2D eigenvalue weighted by Crippen LogP contribution is -2.36. The Morgan fingerprint density at radius 1 is 0.676 bits per heavy atom. The molecule has 4 heterocycles. The highest BCUT2D eigenvalue weighted by atomic mass is 35.5. The fourth-order valence-corrected chi connectivity index (χ4v) is 8.96. The summed E-state index contributed by atoms with van der Waals surface area (Å²) in [6, 6.07) is 10.3. The molecule has 5 aromatic rings. The summed E-state index contributed by atoms with van der Waals surface area (Å²) < 4.78 is 103. The molecule has 5 N–H and O–H groups in total. The zero-order valence-corrected chi connectivity index (χ0v) is 42.3. The van der Waals surface area contributed by atoms with Crippen LogP contribution in [0.3, 0.4) is 0 Å². The monoisotopic (exact) mass is 1090 g/mol.